The Labute approximate surface area is 104 Å². The van der Waals surface area contributed by atoms with Crippen LogP contribution in [-0.4, -0.2) is 22.6 Å². The third-order valence-electron chi connectivity index (χ3n) is 4.58. The van der Waals surface area contributed by atoms with Crippen LogP contribution < -0.4 is 5.32 Å². The van der Waals surface area contributed by atoms with Crippen molar-refractivity contribution >= 4 is 0 Å². The maximum atomic E-state index is 4.41. The van der Waals surface area contributed by atoms with Crippen LogP contribution in [0.15, 0.2) is 12.5 Å². The Kier molecular flexibility index (Phi) is 2.74. The van der Waals surface area contributed by atoms with E-state index in [0.29, 0.717) is 5.92 Å². The summed E-state index contributed by atoms with van der Waals surface area (Å²) in [7, 11) is 0. The van der Waals surface area contributed by atoms with Crippen LogP contribution in [0.2, 0.25) is 0 Å². The molecule has 1 aromatic rings. The van der Waals surface area contributed by atoms with Gasteiger partial charge in [0.1, 0.15) is 0 Å². The largest absolute Gasteiger partial charge is 0.328 e. The monoisotopic (exact) mass is 233 g/mol. The van der Waals surface area contributed by atoms with Crippen molar-refractivity contribution in [2.75, 3.05) is 13.1 Å². The van der Waals surface area contributed by atoms with Gasteiger partial charge < -0.3 is 9.88 Å². The predicted molar refractivity (Wildman–Crippen MR) is 69.1 cm³/mol. The molecule has 1 saturated heterocycles. The van der Waals surface area contributed by atoms with Gasteiger partial charge in [-0.15, -0.1) is 0 Å². The van der Waals surface area contributed by atoms with Crippen LogP contribution in [0.1, 0.15) is 51.1 Å². The van der Waals surface area contributed by atoms with E-state index in [2.05, 4.69) is 34.9 Å². The summed E-state index contributed by atoms with van der Waals surface area (Å²) in [5.74, 6) is 1.51. The minimum Gasteiger partial charge on any atom is -0.328 e. The summed E-state index contributed by atoms with van der Waals surface area (Å²) < 4.78 is 2.45. The van der Waals surface area contributed by atoms with E-state index in [-0.39, 0.29) is 5.54 Å². The molecule has 1 aliphatic carbocycles. The van der Waals surface area contributed by atoms with Crippen LogP contribution in [0.25, 0.3) is 0 Å². The van der Waals surface area contributed by atoms with E-state index in [0.717, 1.165) is 12.5 Å². The van der Waals surface area contributed by atoms with Gasteiger partial charge in [0.2, 0.25) is 0 Å². The van der Waals surface area contributed by atoms with E-state index in [4.69, 9.17) is 0 Å². The number of aromatic nitrogens is 2. The summed E-state index contributed by atoms with van der Waals surface area (Å²) in [5.41, 5.74) is 1.69. The molecule has 1 aliphatic heterocycles. The molecular formula is C14H23N3. The number of nitrogens with one attached hydrogen (secondary N) is 1. The standard InChI is InChI=1S/C14H23N3/c1-14(2,12-5-6-12)17-10-16-9-13(17)11-4-3-7-15-8-11/h9-12,15H,3-8H2,1-2H3. The van der Waals surface area contributed by atoms with Gasteiger partial charge >= 0.3 is 0 Å². The molecule has 0 bridgehead atoms. The Bertz CT molecular complexity index is 384. The first kappa shape index (κ1) is 11.3. The number of rotatable bonds is 3. The van der Waals surface area contributed by atoms with E-state index in [1.54, 1.807) is 0 Å². The Morgan fingerprint density at radius 3 is 2.82 bits per heavy atom. The average molecular weight is 233 g/mol. The predicted octanol–water partition coefficient (Wildman–Crippen LogP) is 2.50. The second kappa shape index (κ2) is 4.13. The lowest BCUT2D eigenvalue weighted by Crippen LogP contribution is -2.34. The van der Waals surface area contributed by atoms with Crippen molar-refractivity contribution in [3.63, 3.8) is 0 Å². The summed E-state index contributed by atoms with van der Waals surface area (Å²) in [6, 6.07) is 0. The molecule has 3 nitrogen and oxygen atoms in total. The zero-order valence-electron chi connectivity index (χ0n) is 10.9. The van der Waals surface area contributed by atoms with E-state index in [1.807, 2.05) is 6.33 Å². The lowest BCUT2D eigenvalue weighted by atomic mass is 9.93. The highest BCUT2D eigenvalue weighted by atomic mass is 15.1. The summed E-state index contributed by atoms with van der Waals surface area (Å²) in [6.07, 6.45) is 9.49. The van der Waals surface area contributed by atoms with Crippen LogP contribution in [0.3, 0.4) is 0 Å². The summed E-state index contributed by atoms with van der Waals surface area (Å²) in [4.78, 5) is 4.41. The Hall–Kier alpha value is -0.830. The minimum atomic E-state index is 0.253. The van der Waals surface area contributed by atoms with Gasteiger partial charge in [-0.2, -0.15) is 0 Å². The quantitative estimate of drug-likeness (QED) is 0.869. The lowest BCUT2D eigenvalue weighted by molar-refractivity contribution is 0.285. The summed E-state index contributed by atoms with van der Waals surface area (Å²) in [5, 5.41) is 3.51. The van der Waals surface area contributed by atoms with Crippen molar-refractivity contribution in [2.24, 2.45) is 5.92 Å². The molecule has 1 saturated carbocycles. The first-order valence-corrected chi connectivity index (χ1v) is 6.93. The van der Waals surface area contributed by atoms with Crippen molar-refractivity contribution in [2.45, 2.75) is 51.0 Å². The van der Waals surface area contributed by atoms with E-state index in [9.17, 15) is 0 Å². The van der Waals surface area contributed by atoms with E-state index < -0.39 is 0 Å². The molecule has 0 spiro atoms. The van der Waals surface area contributed by atoms with E-state index in [1.165, 1.54) is 37.9 Å². The van der Waals surface area contributed by atoms with Crippen molar-refractivity contribution < 1.29 is 0 Å². The number of imidazole rings is 1. The Balaban J connectivity index is 1.87. The molecule has 0 radical (unpaired) electrons. The van der Waals surface area contributed by atoms with Crippen molar-refractivity contribution in [3.8, 4) is 0 Å². The summed E-state index contributed by atoms with van der Waals surface area (Å²) in [6.45, 7) is 7.03. The highest BCUT2D eigenvalue weighted by molar-refractivity contribution is 5.13. The molecule has 0 aromatic carbocycles. The molecule has 1 aromatic heterocycles. The molecule has 1 N–H and O–H groups in total. The molecule has 1 atom stereocenters. The zero-order valence-corrected chi connectivity index (χ0v) is 10.9. The molecule has 2 aliphatic rings. The molecule has 17 heavy (non-hydrogen) atoms. The van der Waals surface area contributed by atoms with Gasteiger partial charge in [-0.25, -0.2) is 4.98 Å². The SMILES string of the molecule is CC(C)(C1CC1)n1cncc1C1CCCNC1. The minimum absolute atomic E-state index is 0.253. The smallest absolute Gasteiger partial charge is 0.0953 e. The van der Waals surface area contributed by atoms with Crippen LogP contribution in [-0.2, 0) is 5.54 Å². The van der Waals surface area contributed by atoms with Crippen molar-refractivity contribution in [1.29, 1.82) is 0 Å². The Morgan fingerprint density at radius 1 is 1.35 bits per heavy atom. The summed E-state index contributed by atoms with van der Waals surface area (Å²) >= 11 is 0. The number of nitrogens with zero attached hydrogens (tertiary/aromatic N) is 2. The van der Waals surface area contributed by atoms with Crippen molar-refractivity contribution in [1.82, 2.24) is 14.9 Å². The van der Waals surface area contributed by atoms with Crippen LogP contribution in [0.4, 0.5) is 0 Å². The fourth-order valence-corrected chi connectivity index (χ4v) is 3.18. The number of hydrogen-bond donors (Lipinski definition) is 1. The van der Waals surface area contributed by atoms with Gasteiger partial charge in [-0.1, -0.05) is 0 Å². The third-order valence-corrected chi connectivity index (χ3v) is 4.58. The van der Waals surface area contributed by atoms with Crippen LogP contribution in [0, 0.1) is 5.92 Å². The molecule has 1 unspecified atom stereocenters. The molecule has 0 amide bonds. The van der Waals surface area contributed by atoms with Crippen LogP contribution >= 0.6 is 0 Å². The van der Waals surface area contributed by atoms with Gasteiger partial charge in [-0.3, -0.25) is 0 Å². The Morgan fingerprint density at radius 2 is 2.18 bits per heavy atom. The fourth-order valence-electron chi connectivity index (χ4n) is 3.18. The average Bonchev–Trinajstić information content (AvgIpc) is 3.08. The molecule has 3 rings (SSSR count). The molecular weight excluding hydrogens is 210 g/mol. The van der Waals surface area contributed by atoms with Gasteiger partial charge in [-0.05, 0) is 52.0 Å². The molecule has 2 fully saturated rings. The topological polar surface area (TPSA) is 29.9 Å². The highest BCUT2D eigenvalue weighted by Gasteiger charge is 2.40. The van der Waals surface area contributed by atoms with Gasteiger partial charge in [0.15, 0.2) is 0 Å². The van der Waals surface area contributed by atoms with Gasteiger partial charge in [0, 0.05) is 29.9 Å². The first-order valence-electron chi connectivity index (χ1n) is 6.93. The van der Waals surface area contributed by atoms with Gasteiger partial charge in [0.25, 0.3) is 0 Å². The number of piperidine rings is 1. The van der Waals surface area contributed by atoms with Gasteiger partial charge in [0.05, 0.1) is 6.33 Å². The lowest BCUT2D eigenvalue weighted by Gasteiger charge is -2.32. The van der Waals surface area contributed by atoms with E-state index >= 15 is 0 Å². The maximum Gasteiger partial charge on any atom is 0.0953 e. The highest BCUT2D eigenvalue weighted by Crippen LogP contribution is 2.45. The number of hydrogen-bond acceptors (Lipinski definition) is 2. The third kappa shape index (κ3) is 2.01. The normalized spacial score (nSPS) is 26.1. The van der Waals surface area contributed by atoms with Crippen molar-refractivity contribution in [3.05, 3.63) is 18.2 Å². The fraction of sp³-hybridized carbons (Fsp3) is 0.786. The second-order valence-electron chi connectivity index (χ2n) is 6.16. The molecule has 2 heterocycles. The zero-order chi connectivity index (χ0) is 11.9. The first-order chi connectivity index (χ1) is 8.19. The maximum absolute atomic E-state index is 4.41. The second-order valence-corrected chi connectivity index (χ2v) is 6.16. The molecule has 3 heteroatoms. The molecule has 94 valence electrons. The van der Waals surface area contributed by atoms with Crippen LogP contribution in [0.5, 0.6) is 0 Å².